The van der Waals surface area contributed by atoms with E-state index in [1.165, 1.54) is 0 Å². The maximum Gasteiger partial charge on any atom is 0.219 e. The van der Waals surface area contributed by atoms with E-state index in [1.807, 2.05) is 55.4 Å². The van der Waals surface area contributed by atoms with Crippen LogP contribution in [0.1, 0.15) is 5.56 Å². The van der Waals surface area contributed by atoms with Crippen LogP contribution in [0.2, 0.25) is 0 Å². The van der Waals surface area contributed by atoms with Gasteiger partial charge in [0.2, 0.25) is 5.88 Å². The van der Waals surface area contributed by atoms with Crippen molar-refractivity contribution in [2.24, 2.45) is 5.73 Å². The number of nitrogens with zero attached hydrogens (tertiary/aromatic N) is 2. The average Bonchev–Trinajstić information content (AvgIpc) is 2.39. The summed E-state index contributed by atoms with van der Waals surface area (Å²) in [6, 6.07) is 11.6. The molecule has 0 aliphatic carbocycles. The molecule has 0 saturated carbocycles. The zero-order valence-corrected chi connectivity index (χ0v) is 10.6. The molecule has 1 aromatic carbocycles. The number of pyridine rings is 1. The minimum atomic E-state index is 0.483. The van der Waals surface area contributed by atoms with E-state index in [-0.39, 0.29) is 0 Å². The van der Waals surface area contributed by atoms with Crippen LogP contribution in [0.15, 0.2) is 42.6 Å². The lowest BCUT2D eigenvalue weighted by Gasteiger charge is -2.13. The van der Waals surface area contributed by atoms with Crippen molar-refractivity contribution in [3.63, 3.8) is 0 Å². The summed E-state index contributed by atoms with van der Waals surface area (Å²) in [5.41, 5.74) is 7.68. The summed E-state index contributed by atoms with van der Waals surface area (Å²) in [5, 5.41) is 0. The smallest absolute Gasteiger partial charge is 0.219 e. The number of nitrogens with two attached hydrogens (primary N) is 1. The number of hydrogen-bond acceptors (Lipinski definition) is 4. The van der Waals surface area contributed by atoms with E-state index < -0.39 is 0 Å². The van der Waals surface area contributed by atoms with Crippen molar-refractivity contribution in [1.29, 1.82) is 0 Å². The highest BCUT2D eigenvalue weighted by molar-refractivity contribution is 5.50. The third kappa shape index (κ3) is 2.99. The van der Waals surface area contributed by atoms with Gasteiger partial charge in [-0.15, -0.1) is 0 Å². The highest BCUT2D eigenvalue weighted by Gasteiger charge is 2.02. The number of hydrogen-bond donors (Lipinski definition) is 1. The second-order valence-electron chi connectivity index (χ2n) is 4.20. The lowest BCUT2D eigenvalue weighted by Crippen LogP contribution is -2.08. The van der Waals surface area contributed by atoms with E-state index in [1.54, 1.807) is 6.20 Å². The molecule has 0 bridgehead atoms. The lowest BCUT2D eigenvalue weighted by molar-refractivity contribution is 0.462. The Labute approximate surface area is 107 Å². The van der Waals surface area contributed by atoms with Gasteiger partial charge in [-0.2, -0.15) is 0 Å². The fourth-order valence-corrected chi connectivity index (χ4v) is 1.58. The Bertz CT molecular complexity index is 526. The SMILES string of the molecule is CN(C)c1cccc(Oc2cc(CN)ccn2)c1. The van der Waals surface area contributed by atoms with Gasteiger partial charge in [-0.25, -0.2) is 4.98 Å². The van der Waals surface area contributed by atoms with Gasteiger partial charge in [0, 0.05) is 44.7 Å². The molecule has 0 unspecified atom stereocenters. The minimum Gasteiger partial charge on any atom is -0.439 e. The molecule has 0 aliphatic rings. The van der Waals surface area contributed by atoms with Crippen LogP contribution in [0, 0.1) is 0 Å². The molecule has 0 spiro atoms. The Balaban J connectivity index is 2.20. The third-order valence-electron chi connectivity index (χ3n) is 2.59. The van der Waals surface area contributed by atoms with E-state index in [4.69, 9.17) is 10.5 Å². The molecule has 4 heteroatoms. The topological polar surface area (TPSA) is 51.4 Å². The molecule has 2 N–H and O–H groups in total. The molecule has 4 nitrogen and oxygen atoms in total. The van der Waals surface area contributed by atoms with Gasteiger partial charge >= 0.3 is 0 Å². The van der Waals surface area contributed by atoms with Gasteiger partial charge in [0.25, 0.3) is 0 Å². The zero-order chi connectivity index (χ0) is 13.0. The van der Waals surface area contributed by atoms with Gasteiger partial charge in [0.05, 0.1) is 0 Å². The molecule has 0 aliphatic heterocycles. The van der Waals surface area contributed by atoms with Gasteiger partial charge in [-0.05, 0) is 23.8 Å². The number of benzene rings is 1. The fraction of sp³-hybridized carbons (Fsp3) is 0.214. The Morgan fingerprint density at radius 2 is 2.06 bits per heavy atom. The molecule has 2 aromatic rings. The van der Waals surface area contributed by atoms with E-state index >= 15 is 0 Å². The summed E-state index contributed by atoms with van der Waals surface area (Å²) >= 11 is 0. The van der Waals surface area contributed by atoms with Gasteiger partial charge < -0.3 is 15.4 Å². The van der Waals surface area contributed by atoms with Gasteiger partial charge in [-0.3, -0.25) is 0 Å². The summed E-state index contributed by atoms with van der Waals surface area (Å²) in [7, 11) is 3.98. The molecule has 2 rings (SSSR count). The largest absolute Gasteiger partial charge is 0.439 e. The first-order valence-electron chi connectivity index (χ1n) is 5.79. The Morgan fingerprint density at radius 1 is 1.22 bits per heavy atom. The predicted octanol–water partition coefficient (Wildman–Crippen LogP) is 2.40. The third-order valence-corrected chi connectivity index (χ3v) is 2.59. The van der Waals surface area contributed by atoms with Crippen LogP contribution < -0.4 is 15.4 Å². The van der Waals surface area contributed by atoms with E-state index in [0.29, 0.717) is 12.4 Å². The summed E-state index contributed by atoms with van der Waals surface area (Å²) in [6.45, 7) is 0.483. The van der Waals surface area contributed by atoms with Crippen molar-refractivity contribution >= 4 is 5.69 Å². The molecule has 0 radical (unpaired) electrons. The van der Waals surface area contributed by atoms with E-state index in [2.05, 4.69) is 4.98 Å². The number of rotatable bonds is 4. The van der Waals surface area contributed by atoms with Gasteiger partial charge in [0.1, 0.15) is 5.75 Å². The normalized spacial score (nSPS) is 10.2. The first-order chi connectivity index (χ1) is 8.69. The molecule has 1 aromatic heterocycles. The highest BCUT2D eigenvalue weighted by atomic mass is 16.5. The van der Waals surface area contributed by atoms with Crippen molar-refractivity contribution in [3.8, 4) is 11.6 Å². The Hall–Kier alpha value is -2.07. The zero-order valence-electron chi connectivity index (χ0n) is 10.6. The van der Waals surface area contributed by atoms with Crippen LogP contribution in [0.4, 0.5) is 5.69 Å². The Kier molecular flexibility index (Phi) is 3.79. The maximum atomic E-state index is 5.72. The molecule has 94 valence electrons. The standard InChI is InChI=1S/C14H17N3O/c1-17(2)12-4-3-5-13(9-12)18-14-8-11(10-15)6-7-16-14/h3-9H,10,15H2,1-2H3. The van der Waals surface area contributed by atoms with E-state index in [0.717, 1.165) is 17.0 Å². The second-order valence-corrected chi connectivity index (χ2v) is 4.20. The monoisotopic (exact) mass is 243 g/mol. The number of anilines is 1. The van der Waals surface area contributed by atoms with Crippen LogP contribution in [0.5, 0.6) is 11.6 Å². The first-order valence-corrected chi connectivity index (χ1v) is 5.79. The minimum absolute atomic E-state index is 0.483. The van der Waals surface area contributed by atoms with Gasteiger partial charge in [0.15, 0.2) is 0 Å². The van der Waals surface area contributed by atoms with Crippen molar-refractivity contribution in [2.75, 3.05) is 19.0 Å². The highest BCUT2D eigenvalue weighted by Crippen LogP contribution is 2.24. The predicted molar refractivity (Wildman–Crippen MR) is 73.0 cm³/mol. The van der Waals surface area contributed by atoms with Crippen molar-refractivity contribution in [1.82, 2.24) is 4.98 Å². The number of aromatic nitrogens is 1. The van der Waals surface area contributed by atoms with E-state index in [9.17, 15) is 0 Å². The molecule has 18 heavy (non-hydrogen) atoms. The second kappa shape index (κ2) is 5.51. The number of ether oxygens (including phenoxy) is 1. The first kappa shape index (κ1) is 12.4. The molecule has 0 saturated heterocycles. The summed E-state index contributed by atoms with van der Waals surface area (Å²) in [4.78, 5) is 6.19. The van der Waals surface area contributed by atoms with Crippen LogP contribution in [0.25, 0.3) is 0 Å². The summed E-state index contributed by atoms with van der Waals surface area (Å²) in [5.74, 6) is 1.33. The molecular formula is C14H17N3O. The maximum absolute atomic E-state index is 5.72. The summed E-state index contributed by atoms with van der Waals surface area (Å²) in [6.07, 6.45) is 1.70. The lowest BCUT2D eigenvalue weighted by atomic mass is 10.2. The molecule has 0 fully saturated rings. The van der Waals surface area contributed by atoms with Crippen LogP contribution in [-0.4, -0.2) is 19.1 Å². The van der Waals surface area contributed by atoms with Gasteiger partial charge in [-0.1, -0.05) is 6.07 Å². The summed E-state index contributed by atoms with van der Waals surface area (Å²) < 4.78 is 5.72. The van der Waals surface area contributed by atoms with Crippen molar-refractivity contribution in [2.45, 2.75) is 6.54 Å². The molecule has 0 amide bonds. The average molecular weight is 243 g/mol. The quantitative estimate of drug-likeness (QED) is 0.895. The fourth-order valence-electron chi connectivity index (χ4n) is 1.58. The molecular weight excluding hydrogens is 226 g/mol. The molecule has 0 atom stereocenters. The van der Waals surface area contributed by atoms with Crippen molar-refractivity contribution < 1.29 is 4.74 Å². The van der Waals surface area contributed by atoms with Crippen molar-refractivity contribution in [3.05, 3.63) is 48.2 Å². The van der Waals surface area contributed by atoms with Crippen LogP contribution in [-0.2, 0) is 6.54 Å². The van der Waals surface area contributed by atoms with Crippen LogP contribution in [0.3, 0.4) is 0 Å². The Morgan fingerprint density at radius 3 is 2.78 bits per heavy atom. The van der Waals surface area contributed by atoms with Crippen LogP contribution >= 0.6 is 0 Å². The molecule has 1 heterocycles.